The number of aryl methyl sites for hydroxylation is 3. The molecule has 0 radical (unpaired) electrons. The molecule has 0 aliphatic rings. The van der Waals surface area contributed by atoms with Gasteiger partial charge in [0.25, 0.3) is 0 Å². The molecule has 0 aliphatic heterocycles. The van der Waals surface area contributed by atoms with Gasteiger partial charge in [-0.1, -0.05) is 89.5 Å². The Balaban J connectivity index is 2.05. The van der Waals surface area contributed by atoms with Gasteiger partial charge in [0.1, 0.15) is 5.25 Å². The molecule has 3 rings (SSSR count). The van der Waals surface area contributed by atoms with Gasteiger partial charge in [-0.25, -0.2) is 8.42 Å². The zero-order chi connectivity index (χ0) is 19.4. The van der Waals surface area contributed by atoms with E-state index in [9.17, 15) is 8.42 Å². The highest BCUT2D eigenvalue weighted by molar-refractivity contribution is 7.91. The molecule has 2 nitrogen and oxygen atoms in total. The highest BCUT2D eigenvalue weighted by atomic mass is 32.2. The average Bonchev–Trinajstić information content (AvgIpc) is 2.65. The Morgan fingerprint density at radius 2 is 1.11 bits per heavy atom. The van der Waals surface area contributed by atoms with E-state index in [1.807, 2.05) is 87.5 Å². The third-order valence-electron chi connectivity index (χ3n) is 4.63. The van der Waals surface area contributed by atoms with Crippen molar-refractivity contribution in [3.05, 3.63) is 107 Å². The molecule has 27 heavy (non-hydrogen) atoms. The number of sulfone groups is 1. The van der Waals surface area contributed by atoms with Crippen LogP contribution in [0.2, 0.25) is 0 Å². The van der Waals surface area contributed by atoms with Gasteiger partial charge in [0.2, 0.25) is 0 Å². The summed E-state index contributed by atoms with van der Waals surface area (Å²) in [5.74, 6) is 0. The van der Waals surface area contributed by atoms with Gasteiger partial charge in [0.05, 0.1) is 4.90 Å². The molecule has 0 aromatic heterocycles. The Labute approximate surface area is 162 Å². The first-order valence-corrected chi connectivity index (χ1v) is 10.5. The summed E-state index contributed by atoms with van der Waals surface area (Å²) in [4.78, 5) is 0.340. The molecule has 138 valence electrons. The summed E-state index contributed by atoms with van der Waals surface area (Å²) < 4.78 is 26.7. The van der Waals surface area contributed by atoms with Gasteiger partial charge < -0.3 is 0 Å². The van der Waals surface area contributed by atoms with Crippen molar-refractivity contribution in [1.29, 1.82) is 0 Å². The number of hydrogen-bond donors (Lipinski definition) is 0. The van der Waals surface area contributed by atoms with Crippen molar-refractivity contribution in [1.82, 2.24) is 0 Å². The largest absolute Gasteiger partial charge is 0.223 e. The Morgan fingerprint density at radius 3 is 1.63 bits per heavy atom. The monoisotopic (exact) mass is 376 g/mol. The lowest BCUT2D eigenvalue weighted by atomic mass is 10.1. The van der Waals surface area contributed by atoms with E-state index >= 15 is 0 Å². The molecule has 0 N–H and O–H groups in total. The highest BCUT2D eigenvalue weighted by Gasteiger charge is 2.26. The Hall–Kier alpha value is -2.65. The fourth-order valence-electron chi connectivity index (χ4n) is 2.90. The van der Waals surface area contributed by atoms with Gasteiger partial charge in [-0.3, -0.25) is 0 Å². The lowest BCUT2D eigenvalue weighted by Crippen LogP contribution is -2.12. The van der Waals surface area contributed by atoms with Crippen molar-refractivity contribution >= 4 is 15.9 Å². The molecule has 0 aliphatic carbocycles. The molecule has 3 heteroatoms. The predicted octanol–water partition coefficient (Wildman–Crippen LogP) is 5.84. The maximum Gasteiger partial charge on any atom is 0.188 e. The van der Waals surface area contributed by atoms with Gasteiger partial charge >= 0.3 is 0 Å². The van der Waals surface area contributed by atoms with E-state index in [-0.39, 0.29) is 0 Å². The molecule has 3 aromatic rings. The first kappa shape index (κ1) is 19.1. The lowest BCUT2D eigenvalue weighted by Gasteiger charge is -2.15. The standard InChI is InChI=1S/C24H24O2S/c1-18-4-10-21(11-5-18)12-17-24(22-13-6-19(2)7-14-22)27(25,26)23-15-8-20(3)9-16-23/h4-17,24H,1-3H3/b17-12+. The van der Waals surface area contributed by atoms with Crippen LogP contribution in [-0.2, 0) is 9.84 Å². The predicted molar refractivity (Wildman–Crippen MR) is 112 cm³/mol. The number of hydrogen-bond acceptors (Lipinski definition) is 2. The molecule has 1 atom stereocenters. The van der Waals surface area contributed by atoms with E-state index in [0.29, 0.717) is 4.90 Å². The summed E-state index contributed by atoms with van der Waals surface area (Å²) in [5.41, 5.74) is 5.07. The summed E-state index contributed by atoms with van der Waals surface area (Å²) in [7, 11) is -3.55. The molecule has 0 saturated carbocycles. The molecule has 1 unspecified atom stereocenters. The van der Waals surface area contributed by atoms with Crippen LogP contribution in [0.5, 0.6) is 0 Å². The molecule has 0 amide bonds. The van der Waals surface area contributed by atoms with Gasteiger partial charge in [0, 0.05) is 0 Å². The molecule has 3 aromatic carbocycles. The topological polar surface area (TPSA) is 34.1 Å². The fourth-order valence-corrected chi connectivity index (χ4v) is 4.51. The van der Waals surface area contributed by atoms with Crippen molar-refractivity contribution in [3.8, 4) is 0 Å². The summed E-state index contributed by atoms with van der Waals surface area (Å²) in [6.07, 6.45) is 3.67. The molecule has 0 spiro atoms. The summed E-state index contributed by atoms with van der Waals surface area (Å²) >= 11 is 0. The minimum absolute atomic E-state index is 0.340. The minimum Gasteiger partial charge on any atom is -0.223 e. The second-order valence-electron chi connectivity index (χ2n) is 6.96. The van der Waals surface area contributed by atoms with Crippen LogP contribution in [-0.4, -0.2) is 8.42 Å². The van der Waals surface area contributed by atoms with Gasteiger partial charge in [-0.05, 0) is 44.0 Å². The van der Waals surface area contributed by atoms with E-state index in [0.717, 1.165) is 22.3 Å². The second-order valence-corrected chi connectivity index (χ2v) is 9.03. The summed E-state index contributed by atoms with van der Waals surface area (Å²) in [6.45, 7) is 5.98. The van der Waals surface area contributed by atoms with Crippen molar-refractivity contribution in [3.63, 3.8) is 0 Å². The van der Waals surface area contributed by atoms with Gasteiger partial charge in [0.15, 0.2) is 9.84 Å². The molecular weight excluding hydrogens is 352 g/mol. The smallest absolute Gasteiger partial charge is 0.188 e. The Morgan fingerprint density at radius 1 is 0.667 bits per heavy atom. The van der Waals surface area contributed by atoms with E-state index in [1.54, 1.807) is 18.2 Å². The normalized spacial score (nSPS) is 13.0. The first-order chi connectivity index (χ1) is 12.9. The van der Waals surface area contributed by atoms with Crippen LogP contribution in [0.4, 0.5) is 0 Å². The molecule has 0 heterocycles. The van der Waals surface area contributed by atoms with Crippen LogP contribution in [0.25, 0.3) is 6.08 Å². The van der Waals surface area contributed by atoms with E-state index in [2.05, 4.69) is 0 Å². The van der Waals surface area contributed by atoms with E-state index in [4.69, 9.17) is 0 Å². The third kappa shape index (κ3) is 4.55. The molecule has 0 bridgehead atoms. The maximum absolute atomic E-state index is 13.4. The zero-order valence-corrected chi connectivity index (χ0v) is 16.7. The highest BCUT2D eigenvalue weighted by Crippen LogP contribution is 2.31. The van der Waals surface area contributed by atoms with Crippen LogP contribution in [0.15, 0.2) is 83.8 Å². The molecular formula is C24H24O2S. The quantitative estimate of drug-likeness (QED) is 0.560. The average molecular weight is 377 g/mol. The number of benzene rings is 3. The lowest BCUT2D eigenvalue weighted by molar-refractivity contribution is 0.590. The zero-order valence-electron chi connectivity index (χ0n) is 15.9. The van der Waals surface area contributed by atoms with Crippen molar-refractivity contribution in [2.45, 2.75) is 30.9 Å². The van der Waals surface area contributed by atoms with Crippen molar-refractivity contribution in [2.75, 3.05) is 0 Å². The Kier molecular flexibility index (Phi) is 5.62. The maximum atomic E-state index is 13.4. The first-order valence-electron chi connectivity index (χ1n) is 8.98. The van der Waals surface area contributed by atoms with Crippen LogP contribution in [0.1, 0.15) is 33.1 Å². The van der Waals surface area contributed by atoms with E-state index < -0.39 is 15.1 Å². The van der Waals surface area contributed by atoms with Crippen LogP contribution >= 0.6 is 0 Å². The van der Waals surface area contributed by atoms with Gasteiger partial charge in [-0.2, -0.15) is 0 Å². The SMILES string of the molecule is Cc1ccc(/C=C/C(c2ccc(C)cc2)S(=O)(=O)c2ccc(C)cc2)cc1. The summed E-state index contributed by atoms with van der Waals surface area (Å²) in [6, 6.07) is 22.8. The number of rotatable bonds is 5. The third-order valence-corrected chi connectivity index (χ3v) is 6.66. The van der Waals surface area contributed by atoms with Gasteiger partial charge in [-0.15, -0.1) is 0 Å². The van der Waals surface area contributed by atoms with Crippen LogP contribution < -0.4 is 0 Å². The summed E-state index contributed by atoms with van der Waals surface area (Å²) in [5, 5.41) is -0.734. The second kappa shape index (κ2) is 7.93. The van der Waals surface area contributed by atoms with Crippen LogP contribution in [0.3, 0.4) is 0 Å². The Bertz CT molecular complexity index is 1030. The van der Waals surface area contributed by atoms with Crippen molar-refractivity contribution in [2.24, 2.45) is 0 Å². The fraction of sp³-hybridized carbons (Fsp3) is 0.167. The van der Waals surface area contributed by atoms with Crippen LogP contribution in [0, 0.1) is 20.8 Å². The molecule has 0 fully saturated rings. The molecule has 0 saturated heterocycles. The van der Waals surface area contributed by atoms with E-state index in [1.165, 1.54) is 5.56 Å². The minimum atomic E-state index is -3.55. The van der Waals surface area contributed by atoms with Crippen molar-refractivity contribution < 1.29 is 8.42 Å².